The van der Waals surface area contributed by atoms with Crippen LogP contribution in [-0.2, 0) is 10.8 Å². The van der Waals surface area contributed by atoms with E-state index in [1.54, 1.807) is 0 Å². The number of carbonyl (C=O) groups is 1. The number of furan rings is 1. The monoisotopic (exact) mass is 392 g/mol. The number of fused-ring (bicyclic) bond motifs is 1. The highest BCUT2D eigenvalue weighted by molar-refractivity contribution is 6.00. The lowest BCUT2D eigenvalue weighted by Gasteiger charge is -2.29. The number of ketones is 1. The predicted molar refractivity (Wildman–Crippen MR) is 120 cm³/mol. The van der Waals surface area contributed by atoms with Crippen molar-refractivity contribution >= 4 is 16.8 Å². The molecule has 1 heterocycles. The molecule has 0 fully saturated rings. The Morgan fingerprint density at radius 2 is 1.66 bits per heavy atom. The summed E-state index contributed by atoms with van der Waals surface area (Å²) >= 11 is 0. The van der Waals surface area contributed by atoms with E-state index in [0.717, 1.165) is 27.8 Å². The zero-order valence-electron chi connectivity index (χ0n) is 18.9. The lowest BCUT2D eigenvalue weighted by Crippen LogP contribution is -2.18. The highest BCUT2D eigenvalue weighted by Crippen LogP contribution is 2.45. The Kier molecular flexibility index (Phi) is 5.38. The van der Waals surface area contributed by atoms with Crippen LogP contribution in [0.1, 0.15) is 77.1 Å². The van der Waals surface area contributed by atoms with Crippen molar-refractivity contribution in [2.24, 2.45) is 0 Å². The Morgan fingerprint density at radius 3 is 2.21 bits per heavy atom. The van der Waals surface area contributed by atoms with E-state index in [1.165, 1.54) is 18.1 Å². The average Bonchev–Trinajstić information content (AvgIpc) is 3.05. The molecule has 1 aromatic heterocycles. The van der Waals surface area contributed by atoms with Gasteiger partial charge in [0.05, 0.1) is 6.61 Å². The van der Waals surface area contributed by atoms with E-state index in [0.29, 0.717) is 12.4 Å². The molecular weight excluding hydrogens is 360 g/mol. The number of Topliss-reactive ketones (excluding diaryl/α,β-unsaturated/α-hetero) is 1. The smallest absolute Gasteiger partial charge is 0.194 e. The van der Waals surface area contributed by atoms with Gasteiger partial charge in [-0.1, -0.05) is 65.8 Å². The first-order chi connectivity index (χ1) is 13.4. The average molecular weight is 393 g/mol. The summed E-state index contributed by atoms with van der Waals surface area (Å²) < 4.78 is 12.2. The fraction of sp³-hybridized carbons (Fsp3) is 0.423. The molecule has 0 amide bonds. The first-order valence-electron chi connectivity index (χ1n) is 10.3. The van der Waals surface area contributed by atoms with Crippen LogP contribution in [0.4, 0.5) is 0 Å². The third-order valence-electron chi connectivity index (χ3n) is 5.23. The van der Waals surface area contributed by atoms with Crippen LogP contribution in [0.15, 0.2) is 40.8 Å². The molecule has 0 radical (unpaired) electrons. The molecule has 0 aliphatic rings. The Bertz CT molecular complexity index is 1060. The van der Waals surface area contributed by atoms with Crippen LogP contribution < -0.4 is 4.74 Å². The number of rotatable bonds is 4. The second-order valence-corrected chi connectivity index (χ2v) is 9.72. The third kappa shape index (κ3) is 4.10. The molecule has 2 aromatic carbocycles. The lowest BCUT2D eigenvalue weighted by atomic mass is 9.78. The maximum absolute atomic E-state index is 11.9. The van der Waals surface area contributed by atoms with Gasteiger partial charge in [0.15, 0.2) is 11.5 Å². The normalized spacial score (nSPS) is 12.4. The standard InChI is InChI=1S/C26H32O3/c1-9-28-24-20(14-18(25(3,4)5)15-21(24)26(6,7)8)19-12-10-11-17-13-22(16(2)27)29-23(17)19/h10-15H,9H2,1-8H3. The number of hydrogen-bond acceptors (Lipinski definition) is 3. The number of para-hydroxylation sites is 1. The van der Waals surface area contributed by atoms with Crippen LogP contribution in [0.5, 0.6) is 5.75 Å². The Morgan fingerprint density at radius 1 is 0.966 bits per heavy atom. The number of ether oxygens (including phenoxy) is 1. The molecule has 0 aliphatic heterocycles. The SMILES string of the molecule is CCOc1c(-c2cccc3cc(C(C)=O)oc23)cc(C(C)(C)C)cc1C(C)(C)C. The summed E-state index contributed by atoms with van der Waals surface area (Å²) in [6.45, 7) is 17.4. The molecule has 3 rings (SSSR count). The highest BCUT2D eigenvalue weighted by Gasteiger charge is 2.27. The van der Waals surface area contributed by atoms with Crippen molar-refractivity contribution in [3.8, 4) is 16.9 Å². The van der Waals surface area contributed by atoms with Gasteiger partial charge in [0.1, 0.15) is 11.3 Å². The zero-order chi connectivity index (χ0) is 21.6. The van der Waals surface area contributed by atoms with E-state index < -0.39 is 0 Å². The van der Waals surface area contributed by atoms with Crippen LogP contribution >= 0.6 is 0 Å². The molecule has 3 aromatic rings. The fourth-order valence-electron chi connectivity index (χ4n) is 3.57. The van der Waals surface area contributed by atoms with Crippen LogP contribution in [0.25, 0.3) is 22.1 Å². The minimum absolute atomic E-state index is 0.0128. The van der Waals surface area contributed by atoms with Gasteiger partial charge < -0.3 is 9.15 Å². The van der Waals surface area contributed by atoms with Gasteiger partial charge in [-0.2, -0.15) is 0 Å². The van der Waals surface area contributed by atoms with E-state index in [9.17, 15) is 4.79 Å². The molecular formula is C26H32O3. The van der Waals surface area contributed by atoms with Crippen molar-refractivity contribution < 1.29 is 13.9 Å². The molecule has 0 atom stereocenters. The van der Waals surface area contributed by atoms with E-state index >= 15 is 0 Å². The molecule has 0 unspecified atom stereocenters. The first kappa shape index (κ1) is 21.2. The zero-order valence-corrected chi connectivity index (χ0v) is 18.9. The van der Waals surface area contributed by atoms with Crippen LogP contribution in [0, 0.1) is 0 Å². The molecule has 0 saturated heterocycles. The van der Waals surface area contributed by atoms with Gasteiger partial charge in [0.2, 0.25) is 0 Å². The van der Waals surface area contributed by atoms with Crippen molar-refractivity contribution in [3.63, 3.8) is 0 Å². The Hall–Kier alpha value is -2.55. The molecule has 0 bridgehead atoms. The van der Waals surface area contributed by atoms with Gasteiger partial charge in [-0.25, -0.2) is 0 Å². The minimum atomic E-state index is -0.0812. The summed E-state index contributed by atoms with van der Waals surface area (Å²) in [6, 6.07) is 12.3. The van der Waals surface area contributed by atoms with Crippen molar-refractivity contribution in [2.45, 2.75) is 66.2 Å². The second kappa shape index (κ2) is 7.37. The van der Waals surface area contributed by atoms with Gasteiger partial charge in [-0.05, 0) is 35.4 Å². The maximum Gasteiger partial charge on any atom is 0.194 e. The lowest BCUT2D eigenvalue weighted by molar-refractivity contribution is 0.0989. The molecule has 0 saturated carbocycles. The molecule has 3 nitrogen and oxygen atoms in total. The van der Waals surface area contributed by atoms with Gasteiger partial charge in [0, 0.05) is 29.0 Å². The summed E-state index contributed by atoms with van der Waals surface area (Å²) in [6.07, 6.45) is 0. The fourth-order valence-corrected chi connectivity index (χ4v) is 3.57. The van der Waals surface area contributed by atoms with E-state index in [2.05, 4.69) is 53.7 Å². The number of hydrogen-bond donors (Lipinski definition) is 0. The van der Waals surface area contributed by atoms with E-state index in [-0.39, 0.29) is 16.6 Å². The highest BCUT2D eigenvalue weighted by atomic mass is 16.5. The first-order valence-corrected chi connectivity index (χ1v) is 10.3. The van der Waals surface area contributed by atoms with Gasteiger partial charge in [0.25, 0.3) is 0 Å². The van der Waals surface area contributed by atoms with Crippen LogP contribution in [0.3, 0.4) is 0 Å². The topological polar surface area (TPSA) is 39.4 Å². The molecule has 0 aliphatic carbocycles. The van der Waals surface area contributed by atoms with Crippen LogP contribution in [-0.4, -0.2) is 12.4 Å². The summed E-state index contributed by atoms with van der Waals surface area (Å²) in [7, 11) is 0. The minimum Gasteiger partial charge on any atom is -0.493 e. The predicted octanol–water partition coefficient (Wildman–Crippen LogP) is 7.30. The third-order valence-corrected chi connectivity index (χ3v) is 5.23. The Balaban J connectivity index is 2.42. The van der Waals surface area contributed by atoms with E-state index in [1.807, 2.05) is 31.2 Å². The second-order valence-electron chi connectivity index (χ2n) is 9.72. The molecule has 0 spiro atoms. The molecule has 3 heteroatoms. The summed E-state index contributed by atoms with van der Waals surface area (Å²) in [5.41, 5.74) is 5.02. The summed E-state index contributed by atoms with van der Waals surface area (Å²) in [5, 5.41) is 0.925. The molecule has 0 N–H and O–H groups in total. The van der Waals surface area contributed by atoms with E-state index in [4.69, 9.17) is 9.15 Å². The van der Waals surface area contributed by atoms with Crippen molar-refractivity contribution in [1.29, 1.82) is 0 Å². The quantitative estimate of drug-likeness (QED) is 0.437. The van der Waals surface area contributed by atoms with Crippen molar-refractivity contribution in [1.82, 2.24) is 0 Å². The molecule has 29 heavy (non-hydrogen) atoms. The van der Waals surface area contributed by atoms with Crippen LogP contribution in [0.2, 0.25) is 0 Å². The van der Waals surface area contributed by atoms with Gasteiger partial charge >= 0.3 is 0 Å². The van der Waals surface area contributed by atoms with Crippen molar-refractivity contribution in [3.05, 3.63) is 53.3 Å². The van der Waals surface area contributed by atoms with Crippen molar-refractivity contribution in [2.75, 3.05) is 6.61 Å². The maximum atomic E-state index is 11.9. The summed E-state index contributed by atoms with van der Waals surface area (Å²) in [4.78, 5) is 11.9. The molecule has 154 valence electrons. The van der Waals surface area contributed by atoms with Gasteiger partial charge in [-0.3, -0.25) is 4.79 Å². The Labute approximate surface area is 174 Å². The summed E-state index contributed by atoms with van der Waals surface area (Å²) in [5.74, 6) is 1.20. The number of benzene rings is 2. The largest absolute Gasteiger partial charge is 0.493 e. The van der Waals surface area contributed by atoms with Gasteiger partial charge in [-0.15, -0.1) is 0 Å². The number of carbonyl (C=O) groups excluding carboxylic acids is 1.